The summed E-state index contributed by atoms with van der Waals surface area (Å²) in [5.74, 6) is -0.606. The van der Waals surface area contributed by atoms with E-state index >= 15 is 0 Å². The van der Waals surface area contributed by atoms with E-state index in [2.05, 4.69) is 21.1 Å². The molecule has 2 atom stereocenters. The van der Waals surface area contributed by atoms with E-state index in [1.54, 1.807) is 20.8 Å². The van der Waals surface area contributed by atoms with Crippen molar-refractivity contribution in [2.45, 2.75) is 58.7 Å². The summed E-state index contributed by atoms with van der Waals surface area (Å²) in [6, 6.07) is 0. The molecule has 21 heavy (non-hydrogen) atoms. The van der Waals surface area contributed by atoms with Gasteiger partial charge in [0.15, 0.2) is 0 Å². The molecule has 120 valence electrons. The second kappa shape index (κ2) is 10.9. The summed E-state index contributed by atoms with van der Waals surface area (Å²) in [7, 11) is 0. The highest BCUT2D eigenvalue weighted by atomic mass is 16.3. The molecule has 0 aromatic rings. The number of rotatable bonds is 9. The van der Waals surface area contributed by atoms with Crippen LogP contribution in [0.2, 0.25) is 0 Å². The molecule has 0 saturated heterocycles. The molecule has 0 rings (SSSR count). The van der Waals surface area contributed by atoms with Crippen LogP contribution in [0, 0.1) is 0 Å². The van der Waals surface area contributed by atoms with E-state index < -0.39 is 12.2 Å². The van der Waals surface area contributed by atoms with E-state index in [-0.39, 0.29) is 24.7 Å². The van der Waals surface area contributed by atoms with Gasteiger partial charge in [-0.25, -0.2) is 10.9 Å². The van der Waals surface area contributed by atoms with Gasteiger partial charge < -0.3 is 10.2 Å². The first-order chi connectivity index (χ1) is 9.81. The number of carbonyl (C=O) groups is 2. The Morgan fingerprint density at radius 3 is 2.00 bits per heavy atom. The van der Waals surface area contributed by atoms with Crippen LogP contribution in [-0.4, -0.2) is 46.2 Å². The van der Waals surface area contributed by atoms with Gasteiger partial charge in [-0.1, -0.05) is 0 Å². The van der Waals surface area contributed by atoms with Gasteiger partial charge in [0.05, 0.1) is 24.1 Å². The van der Waals surface area contributed by atoms with Gasteiger partial charge in [-0.2, -0.15) is 10.2 Å². The number of aliphatic hydroxyl groups is 2. The normalized spacial score (nSPS) is 14.8. The fourth-order valence-corrected chi connectivity index (χ4v) is 1.17. The maximum absolute atomic E-state index is 11.3. The number of hydrogen-bond donors (Lipinski definition) is 4. The van der Waals surface area contributed by atoms with Gasteiger partial charge in [0.25, 0.3) is 0 Å². The van der Waals surface area contributed by atoms with Crippen molar-refractivity contribution in [1.29, 1.82) is 0 Å². The quantitative estimate of drug-likeness (QED) is 0.351. The second-order valence-corrected chi connectivity index (χ2v) is 4.86. The van der Waals surface area contributed by atoms with Crippen molar-refractivity contribution >= 4 is 23.7 Å². The van der Waals surface area contributed by atoms with Gasteiger partial charge in [0, 0.05) is 12.8 Å². The lowest BCUT2D eigenvalue weighted by Gasteiger charge is -2.03. The number of hydrogen-bond acceptors (Lipinski definition) is 6. The first-order valence-electron chi connectivity index (χ1n) is 6.82. The topological polar surface area (TPSA) is 123 Å². The Labute approximate surface area is 124 Å². The Kier molecular flexibility index (Phi) is 9.99. The molecule has 0 saturated carbocycles. The minimum Gasteiger partial charge on any atom is -0.393 e. The molecule has 0 radical (unpaired) electrons. The summed E-state index contributed by atoms with van der Waals surface area (Å²) >= 11 is 0. The highest BCUT2D eigenvalue weighted by Crippen LogP contribution is 1.95. The van der Waals surface area contributed by atoms with Gasteiger partial charge in [0.1, 0.15) is 0 Å². The molecule has 0 aromatic heterocycles. The number of nitrogens with one attached hydrogen (secondary N) is 2. The lowest BCUT2D eigenvalue weighted by molar-refractivity contribution is -0.122. The lowest BCUT2D eigenvalue weighted by atomic mass is 10.2. The van der Waals surface area contributed by atoms with Gasteiger partial charge in [-0.05, 0) is 33.6 Å². The SMILES string of the molecule is CC(/C=N\NC(=O)CC[C@@H](C)O)=N/NC(=O)CC[C@H](C)O. The minimum absolute atomic E-state index is 0.182. The molecule has 0 aliphatic rings. The molecule has 0 fully saturated rings. The van der Waals surface area contributed by atoms with E-state index in [9.17, 15) is 9.59 Å². The summed E-state index contributed by atoms with van der Waals surface area (Å²) in [6.07, 6.45) is 1.35. The van der Waals surface area contributed by atoms with Crippen LogP contribution >= 0.6 is 0 Å². The summed E-state index contributed by atoms with van der Waals surface area (Å²) < 4.78 is 0. The number of nitrogens with zero attached hydrogens (tertiary/aromatic N) is 2. The highest BCUT2D eigenvalue weighted by molar-refractivity contribution is 6.29. The zero-order valence-corrected chi connectivity index (χ0v) is 12.7. The maximum atomic E-state index is 11.3. The molecular weight excluding hydrogens is 276 g/mol. The summed E-state index contributed by atoms with van der Waals surface area (Å²) in [5.41, 5.74) is 5.02. The highest BCUT2D eigenvalue weighted by Gasteiger charge is 2.03. The van der Waals surface area contributed by atoms with Crippen LogP contribution in [0.25, 0.3) is 0 Å². The smallest absolute Gasteiger partial charge is 0.240 e. The largest absolute Gasteiger partial charge is 0.393 e. The first-order valence-corrected chi connectivity index (χ1v) is 6.82. The van der Waals surface area contributed by atoms with Crippen LogP contribution in [0.1, 0.15) is 46.5 Å². The van der Waals surface area contributed by atoms with Crippen LogP contribution in [0.5, 0.6) is 0 Å². The molecule has 2 amide bonds. The van der Waals surface area contributed by atoms with Crippen molar-refractivity contribution in [3.63, 3.8) is 0 Å². The van der Waals surface area contributed by atoms with Crippen molar-refractivity contribution in [2.24, 2.45) is 10.2 Å². The zero-order valence-electron chi connectivity index (χ0n) is 12.7. The molecule has 4 N–H and O–H groups in total. The van der Waals surface area contributed by atoms with Crippen molar-refractivity contribution in [1.82, 2.24) is 10.9 Å². The Bertz CT molecular complexity index is 392. The van der Waals surface area contributed by atoms with Crippen molar-refractivity contribution in [3.8, 4) is 0 Å². The van der Waals surface area contributed by atoms with Crippen molar-refractivity contribution < 1.29 is 19.8 Å². The molecule has 0 aliphatic heterocycles. The number of aliphatic hydroxyl groups excluding tert-OH is 2. The third-order valence-electron chi connectivity index (χ3n) is 2.38. The molecule has 0 bridgehead atoms. The second-order valence-electron chi connectivity index (χ2n) is 4.86. The van der Waals surface area contributed by atoms with E-state index in [1.165, 1.54) is 6.21 Å². The van der Waals surface area contributed by atoms with E-state index in [0.717, 1.165) is 0 Å². The molecule has 0 spiro atoms. The summed E-state index contributed by atoms with van der Waals surface area (Å²) in [4.78, 5) is 22.6. The number of hydrazone groups is 2. The van der Waals surface area contributed by atoms with Gasteiger partial charge in [0.2, 0.25) is 11.8 Å². The summed E-state index contributed by atoms with van der Waals surface area (Å²) in [6.45, 7) is 4.82. The predicted molar refractivity (Wildman–Crippen MR) is 79.7 cm³/mol. The standard InChI is InChI=1S/C13H24N4O4/c1-9(15-17-13(21)7-5-11(3)19)8-14-16-12(20)6-4-10(2)18/h8,10-11,18-19H,4-7H2,1-3H3,(H,16,20)(H,17,21)/b14-8-,15-9-/t10-,11+/m1/s1. The third-order valence-corrected chi connectivity index (χ3v) is 2.38. The molecule has 0 aromatic carbocycles. The van der Waals surface area contributed by atoms with Gasteiger partial charge >= 0.3 is 0 Å². The first kappa shape index (κ1) is 19.2. The molecule has 0 aliphatic carbocycles. The van der Waals surface area contributed by atoms with Crippen LogP contribution in [0.4, 0.5) is 0 Å². The van der Waals surface area contributed by atoms with Gasteiger partial charge in [-0.3, -0.25) is 9.59 Å². The van der Waals surface area contributed by atoms with Crippen LogP contribution < -0.4 is 10.9 Å². The average molecular weight is 300 g/mol. The lowest BCUT2D eigenvalue weighted by Crippen LogP contribution is -2.22. The average Bonchev–Trinajstić information content (AvgIpc) is 2.40. The van der Waals surface area contributed by atoms with E-state index in [0.29, 0.717) is 18.6 Å². The number of amides is 2. The van der Waals surface area contributed by atoms with Crippen LogP contribution in [0.3, 0.4) is 0 Å². The Morgan fingerprint density at radius 1 is 1.05 bits per heavy atom. The van der Waals surface area contributed by atoms with E-state index in [1.807, 2.05) is 0 Å². The van der Waals surface area contributed by atoms with Gasteiger partial charge in [-0.15, -0.1) is 0 Å². The Morgan fingerprint density at radius 2 is 1.52 bits per heavy atom. The third kappa shape index (κ3) is 13.0. The molecule has 0 unspecified atom stereocenters. The minimum atomic E-state index is -0.528. The van der Waals surface area contributed by atoms with Crippen LogP contribution in [0.15, 0.2) is 10.2 Å². The molecule has 0 heterocycles. The Balaban J connectivity index is 3.97. The maximum Gasteiger partial charge on any atom is 0.240 e. The monoisotopic (exact) mass is 300 g/mol. The molecule has 8 heteroatoms. The van der Waals surface area contributed by atoms with Crippen molar-refractivity contribution in [3.05, 3.63) is 0 Å². The Hall–Kier alpha value is -1.80. The van der Waals surface area contributed by atoms with Crippen LogP contribution in [-0.2, 0) is 9.59 Å². The predicted octanol–water partition coefficient (Wildman–Crippen LogP) is -0.0975. The zero-order chi connectivity index (χ0) is 16.3. The summed E-state index contributed by atoms with van der Waals surface area (Å²) in [5, 5.41) is 25.5. The fourth-order valence-electron chi connectivity index (χ4n) is 1.17. The fraction of sp³-hybridized carbons (Fsp3) is 0.692. The van der Waals surface area contributed by atoms with E-state index in [4.69, 9.17) is 10.2 Å². The molecule has 8 nitrogen and oxygen atoms in total. The number of carbonyl (C=O) groups excluding carboxylic acids is 2. The van der Waals surface area contributed by atoms with Crippen molar-refractivity contribution in [2.75, 3.05) is 0 Å². The molecular formula is C13H24N4O4.